The molecule has 2 heterocycles. The molecule has 0 fully saturated rings. The number of nitrogens with one attached hydrogen (secondary N) is 1. The summed E-state index contributed by atoms with van der Waals surface area (Å²) in [6, 6.07) is 12.1. The van der Waals surface area contributed by atoms with Gasteiger partial charge in [0, 0.05) is 11.6 Å². The Morgan fingerprint density at radius 2 is 2.06 bits per heavy atom. The molecule has 2 aromatic carbocycles. The minimum Gasteiger partial charge on any atom is -0.510 e. The largest absolute Gasteiger partial charge is 0.510 e. The van der Waals surface area contributed by atoms with Crippen molar-refractivity contribution >= 4 is 56.8 Å². The number of aromatic nitrogens is 4. The van der Waals surface area contributed by atoms with Crippen molar-refractivity contribution in [3.63, 3.8) is 0 Å². The molecule has 0 unspecified atom stereocenters. The average molecular weight is 483 g/mol. The lowest BCUT2D eigenvalue weighted by atomic mass is 10.2. The fraction of sp³-hybridized carbons (Fsp3) is 0.130. The first-order chi connectivity index (χ1) is 15.9. The zero-order chi connectivity index (χ0) is 23.5. The van der Waals surface area contributed by atoms with Crippen LogP contribution in [0.5, 0.6) is 0 Å². The van der Waals surface area contributed by atoms with E-state index in [1.165, 1.54) is 11.7 Å². The third-order valence-electron chi connectivity index (χ3n) is 4.84. The van der Waals surface area contributed by atoms with Gasteiger partial charge in [-0.05, 0) is 30.3 Å². The van der Waals surface area contributed by atoms with Crippen LogP contribution in [-0.4, -0.2) is 43.5 Å². The molecular weight excluding hydrogens is 464 g/mol. The normalized spacial score (nSPS) is 12.1. The topological polar surface area (TPSA) is 110 Å². The molecule has 0 aliphatic carbocycles. The predicted molar refractivity (Wildman–Crippen MR) is 130 cm³/mol. The van der Waals surface area contributed by atoms with E-state index in [2.05, 4.69) is 21.5 Å². The Balaban J connectivity index is 1.74. The smallest absolute Gasteiger partial charge is 0.345 e. The fourth-order valence-electron chi connectivity index (χ4n) is 3.30. The number of carbonyl (C=O) groups excluding carboxylic acids is 1. The summed E-state index contributed by atoms with van der Waals surface area (Å²) in [5, 5.41) is 12.0. The Kier molecular flexibility index (Phi) is 6.52. The molecule has 4 aromatic rings. The fourth-order valence-corrected chi connectivity index (χ4v) is 4.36. The minimum absolute atomic E-state index is 0.0514. The van der Waals surface area contributed by atoms with E-state index < -0.39 is 5.97 Å². The number of methoxy groups -OCH3 is 1. The molecule has 0 atom stereocenters. The number of ether oxygens (including phenoxy) is 1. The highest BCUT2D eigenvalue weighted by atomic mass is 35.5. The monoisotopic (exact) mass is 482 g/mol. The number of aromatic amines is 1. The molecule has 2 N–H and O–H groups in total. The first-order valence-corrected chi connectivity index (χ1v) is 11.2. The van der Waals surface area contributed by atoms with E-state index >= 15 is 0 Å². The van der Waals surface area contributed by atoms with Crippen LogP contribution in [-0.2, 0) is 16.1 Å². The SMILES string of the molecule is C=CCn1c(SC/C(O)=C(/C(=O)OC)c2nc3ccccc3[nH]2)nc2ccc(Cl)cc2c1=O. The van der Waals surface area contributed by atoms with E-state index in [4.69, 9.17) is 16.3 Å². The summed E-state index contributed by atoms with van der Waals surface area (Å²) in [6.45, 7) is 3.92. The lowest BCUT2D eigenvalue weighted by molar-refractivity contribution is -0.133. The van der Waals surface area contributed by atoms with Crippen LogP contribution in [0, 0.1) is 0 Å². The molecule has 0 aliphatic heterocycles. The number of esters is 1. The number of aliphatic hydroxyl groups is 1. The average Bonchev–Trinajstić information content (AvgIpc) is 3.23. The summed E-state index contributed by atoms with van der Waals surface area (Å²) in [6.07, 6.45) is 1.58. The molecule has 168 valence electrons. The zero-order valence-electron chi connectivity index (χ0n) is 17.5. The number of benzene rings is 2. The van der Waals surface area contributed by atoms with E-state index in [1.807, 2.05) is 18.2 Å². The van der Waals surface area contributed by atoms with Crippen LogP contribution >= 0.6 is 23.4 Å². The predicted octanol–water partition coefficient (Wildman–Crippen LogP) is 4.35. The molecular formula is C23H19ClN4O4S. The number of thioether (sulfide) groups is 1. The molecule has 8 nitrogen and oxygen atoms in total. The number of H-pyrrole nitrogens is 1. The number of carbonyl (C=O) groups is 1. The van der Waals surface area contributed by atoms with Crippen LogP contribution in [0.15, 0.2) is 70.8 Å². The van der Waals surface area contributed by atoms with E-state index in [0.29, 0.717) is 32.1 Å². The third kappa shape index (κ3) is 4.50. The van der Waals surface area contributed by atoms with Gasteiger partial charge in [-0.2, -0.15) is 0 Å². The van der Waals surface area contributed by atoms with Crippen LogP contribution in [0.3, 0.4) is 0 Å². The molecule has 10 heteroatoms. The molecule has 0 aliphatic rings. The summed E-state index contributed by atoms with van der Waals surface area (Å²) < 4.78 is 6.30. The molecule has 4 rings (SSSR count). The Labute approximate surface area is 197 Å². The second kappa shape index (κ2) is 9.51. The highest BCUT2D eigenvalue weighted by Crippen LogP contribution is 2.26. The molecule has 0 saturated carbocycles. The zero-order valence-corrected chi connectivity index (χ0v) is 19.1. The third-order valence-corrected chi connectivity index (χ3v) is 6.06. The van der Waals surface area contributed by atoms with Crippen molar-refractivity contribution in [3.8, 4) is 0 Å². The van der Waals surface area contributed by atoms with Crippen LogP contribution in [0.1, 0.15) is 5.82 Å². The van der Waals surface area contributed by atoms with Crippen molar-refractivity contribution in [3.05, 3.63) is 82.1 Å². The highest BCUT2D eigenvalue weighted by Gasteiger charge is 2.23. The lowest BCUT2D eigenvalue weighted by Crippen LogP contribution is -2.23. The molecule has 0 bridgehead atoms. The number of nitrogens with zero attached hydrogens (tertiary/aromatic N) is 3. The molecule has 2 aromatic heterocycles. The maximum absolute atomic E-state index is 13.0. The maximum atomic E-state index is 13.0. The van der Waals surface area contributed by atoms with Gasteiger partial charge in [-0.15, -0.1) is 6.58 Å². The van der Waals surface area contributed by atoms with Gasteiger partial charge in [0.1, 0.15) is 17.2 Å². The number of aliphatic hydroxyl groups excluding tert-OH is 1. The molecule has 0 radical (unpaired) electrons. The number of rotatable bonds is 7. The van der Waals surface area contributed by atoms with E-state index in [9.17, 15) is 14.7 Å². The van der Waals surface area contributed by atoms with Gasteiger partial charge in [-0.25, -0.2) is 14.8 Å². The Hall–Kier alpha value is -3.56. The molecule has 0 amide bonds. The van der Waals surface area contributed by atoms with E-state index in [0.717, 1.165) is 11.8 Å². The van der Waals surface area contributed by atoms with Crippen LogP contribution in [0.4, 0.5) is 0 Å². The van der Waals surface area contributed by atoms with Crippen molar-refractivity contribution in [2.24, 2.45) is 0 Å². The Bertz CT molecular complexity index is 1440. The number of hydrogen-bond donors (Lipinski definition) is 2. The van der Waals surface area contributed by atoms with Crippen LogP contribution in [0.25, 0.3) is 27.5 Å². The number of halogens is 1. The van der Waals surface area contributed by atoms with Crippen molar-refractivity contribution in [2.45, 2.75) is 11.7 Å². The van der Waals surface area contributed by atoms with Gasteiger partial charge in [-0.3, -0.25) is 9.36 Å². The van der Waals surface area contributed by atoms with Crippen LogP contribution in [0.2, 0.25) is 5.02 Å². The van der Waals surface area contributed by atoms with Gasteiger partial charge in [0.05, 0.1) is 34.8 Å². The second-order valence-corrected chi connectivity index (χ2v) is 8.34. The van der Waals surface area contributed by atoms with Crippen molar-refractivity contribution in [2.75, 3.05) is 12.9 Å². The Morgan fingerprint density at radius 3 is 2.79 bits per heavy atom. The quantitative estimate of drug-likeness (QED) is 0.101. The van der Waals surface area contributed by atoms with Gasteiger partial charge < -0.3 is 14.8 Å². The second-order valence-electron chi connectivity index (χ2n) is 6.96. The first kappa shape index (κ1) is 22.6. The number of allylic oxidation sites excluding steroid dienone is 1. The van der Waals surface area contributed by atoms with Gasteiger partial charge in [-0.1, -0.05) is 41.6 Å². The summed E-state index contributed by atoms with van der Waals surface area (Å²) in [5.74, 6) is -0.867. The van der Waals surface area contributed by atoms with Crippen LogP contribution < -0.4 is 5.56 Å². The minimum atomic E-state index is -0.739. The van der Waals surface area contributed by atoms with E-state index in [-0.39, 0.29) is 35.0 Å². The number of imidazole rings is 1. The summed E-state index contributed by atoms with van der Waals surface area (Å²) in [7, 11) is 1.23. The number of hydrogen-bond acceptors (Lipinski definition) is 7. The number of para-hydroxylation sites is 2. The molecule has 0 saturated heterocycles. The summed E-state index contributed by atoms with van der Waals surface area (Å²) in [5.41, 5.74) is 1.46. The van der Waals surface area contributed by atoms with Crippen molar-refractivity contribution in [1.29, 1.82) is 0 Å². The molecule has 33 heavy (non-hydrogen) atoms. The summed E-state index contributed by atoms with van der Waals surface area (Å²) in [4.78, 5) is 37.4. The van der Waals surface area contributed by atoms with Gasteiger partial charge >= 0.3 is 5.97 Å². The lowest BCUT2D eigenvalue weighted by Gasteiger charge is -2.12. The van der Waals surface area contributed by atoms with Gasteiger partial charge in [0.15, 0.2) is 5.16 Å². The Morgan fingerprint density at radius 1 is 1.27 bits per heavy atom. The number of fused-ring (bicyclic) bond motifs is 2. The van der Waals surface area contributed by atoms with Gasteiger partial charge in [0.25, 0.3) is 5.56 Å². The van der Waals surface area contributed by atoms with Crippen molar-refractivity contribution in [1.82, 2.24) is 19.5 Å². The first-order valence-electron chi connectivity index (χ1n) is 9.82. The van der Waals surface area contributed by atoms with Crippen molar-refractivity contribution < 1.29 is 14.6 Å². The highest BCUT2D eigenvalue weighted by molar-refractivity contribution is 7.99. The van der Waals surface area contributed by atoms with Gasteiger partial charge in [0.2, 0.25) is 0 Å². The molecule has 0 spiro atoms. The maximum Gasteiger partial charge on any atom is 0.345 e. The summed E-state index contributed by atoms with van der Waals surface area (Å²) >= 11 is 7.14. The standard InChI is InChI=1S/C23H19ClN4O4S/c1-3-10-28-21(30)14-11-13(24)8-9-15(14)27-23(28)33-12-18(29)19(22(31)32-2)20-25-16-6-4-5-7-17(16)26-20/h3-9,11,29H,1,10,12H2,2H3,(H,25,26)/b19-18-. The van der Waals surface area contributed by atoms with E-state index in [1.54, 1.807) is 30.3 Å².